The summed E-state index contributed by atoms with van der Waals surface area (Å²) < 4.78 is 25.5. The fraction of sp³-hybridized carbons (Fsp3) is 0.600. The van der Waals surface area contributed by atoms with Crippen LogP contribution in [-0.2, 0) is 9.84 Å². The van der Waals surface area contributed by atoms with E-state index in [0.29, 0.717) is 17.4 Å². The topological polar surface area (TPSA) is 49.4 Å². The van der Waals surface area contributed by atoms with Crippen molar-refractivity contribution in [3.05, 3.63) is 28.7 Å². The smallest absolute Gasteiger partial charge is 0.179 e. The Morgan fingerprint density at radius 1 is 1.24 bits per heavy atom. The van der Waals surface area contributed by atoms with Crippen LogP contribution in [0.2, 0.25) is 0 Å². The van der Waals surface area contributed by atoms with Crippen molar-refractivity contribution in [1.29, 1.82) is 0 Å². The molecule has 0 aliphatic carbocycles. The van der Waals surface area contributed by atoms with Gasteiger partial charge in [0.05, 0.1) is 10.6 Å². The third-order valence-electron chi connectivity index (χ3n) is 3.94. The average molecular weight is 375 g/mol. The van der Waals surface area contributed by atoms with Crippen LogP contribution in [0.5, 0.6) is 0 Å². The van der Waals surface area contributed by atoms with Crippen LogP contribution in [0.15, 0.2) is 33.6 Å². The number of halogens is 1. The molecule has 0 radical (unpaired) electrons. The van der Waals surface area contributed by atoms with Gasteiger partial charge in [-0.1, -0.05) is 15.9 Å². The van der Waals surface area contributed by atoms with Crippen molar-refractivity contribution in [2.45, 2.75) is 17.7 Å². The van der Waals surface area contributed by atoms with Crippen LogP contribution in [0.4, 0.5) is 0 Å². The second-order valence-corrected chi connectivity index (χ2v) is 8.75. The van der Waals surface area contributed by atoms with Gasteiger partial charge in [-0.3, -0.25) is 0 Å². The Morgan fingerprint density at radius 3 is 2.48 bits per heavy atom. The molecule has 118 valence electrons. The van der Waals surface area contributed by atoms with E-state index in [1.807, 2.05) is 7.05 Å². The zero-order chi connectivity index (χ0) is 15.3. The summed E-state index contributed by atoms with van der Waals surface area (Å²) >= 11 is 3.32. The molecule has 0 amide bonds. The highest BCUT2D eigenvalue weighted by molar-refractivity contribution is 9.10. The van der Waals surface area contributed by atoms with Crippen molar-refractivity contribution in [3.63, 3.8) is 0 Å². The minimum atomic E-state index is -3.19. The third kappa shape index (κ3) is 5.36. The highest BCUT2D eigenvalue weighted by Crippen LogP contribution is 2.17. The number of benzene rings is 1. The van der Waals surface area contributed by atoms with Crippen molar-refractivity contribution in [2.75, 3.05) is 39.0 Å². The van der Waals surface area contributed by atoms with Gasteiger partial charge in [0.15, 0.2) is 9.84 Å². The number of sulfone groups is 1. The normalized spacial score (nSPS) is 17.3. The first-order chi connectivity index (χ1) is 9.97. The van der Waals surface area contributed by atoms with Gasteiger partial charge in [0.1, 0.15) is 0 Å². The Kier molecular flexibility index (Phi) is 6.22. The molecule has 21 heavy (non-hydrogen) atoms. The summed E-state index contributed by atoms with van der Waals surface area (Å²) in [5, 5.41) is 3.35. The maximum Gasteiger partial charge on any atom is 0.179 e. The Hall–Kier alpha value is -0.430. The van der Waals surface area contributed by atoms with Gasteiger partial charge in [-0.15, -0.1) is 0 Å². The van der Waals surface area contributed by atoms with Crippen molar-refractivity contribution < 1.29 is 8.42 Å². The lowest BCUT2D eigenvalue weighted by atomic mass is 9.98. The largest absolute Gasteiger partial charge is 0.317 e. The van der Waals surface area contributed by atoms with Gasteiger partial charge in [0.2, 0.25) is 0 Å². The Balaban J connectivity index is 1.84. The molecule has 6 heteroatoms. The standard InChI is InChI=1S/C15H23BrN2O2S/c1-18(12-13-6-8-17-9-7-13)10-11-21(19,20)15-4-2-14(16)3-5-15/h2-5,13,17H,6-12H2,1H3. The van der Waals surface area contributed by atoms with Crippen LogP contribution in [0.3, 0.4) is 0 Å². The third-order valence-corrected chi connectivity index (χ3v) is 6.18. The first-order valence-electron chi connectivity index (χ1n) is 7.35. The zero-order valence-corrected chi connectivity index (χ0v) is 14.8. The summed E-state index contributed by atoms with van der Waals surface area (Å²) in [5.74, 6) is 0.863. The molecule has 0 saturated carbocycles. The highest BCUT2D eigenvalue weighted by atomic mass is 79.9. The molecule has 4 nitrogen and oxygen atoms in total. The number of hydrogen-bond acceptors (Lipinski definition) is 4. The van der Waals surface area contributed by atoms with Crippen LogP contribution in [0.1, 0.15) is 12.8 Å². The van der Waals surface area contributed by atoms with Crippen LogP contribution < -0.4 is 5.32 Å². The Morgan fingerprint density at radius 2 is 1.86 bits per heavy atom. The quantitative estimate of drug-likeness (QED) is 0.828. The van der Waals surface area contributed by atoms with Crippen molar-refractivity contribution in [3.8, 4) is 0 Å². The number of rotatable bonds is 6. The fourth-order valence-electron chi connectivity index (χ4n) is 2.63. The second-order valence-electron chi connectivity index (χ2n) is 5.73. The molecule has 0 bridgehead atoms. The van der Waals surface area contributed by atoms with Crippen molar-refractivity contribution >= 4 is 25.8 Å². The van der Waals surface area contributed by atoms with E-state index in [1.54, 1.807) is 24.3 Å². The summed E-state index contributed by atoms with van der Waals surface area (Å²) in [6.45, 7) is 3.73. The minimum Gasteiger partial charge on any atom is -0.317 e. The predicted octanol–water partition coefficient (Wildman–Crippen LogP) is 2.15. The van der Waals surface area contributed by atoms with Crippen LogP contribution in [0.25, 0.3) is 0 Å². The highest BCUT2D eigenvalue weighted by Gasteiger charge is 2.18. The van der Waals surface area contributed by atoms with E-state index in [-0.39, 0.29) is 5.75 Å². The molecule has 0 aromatic heterocycles. The number of nitrogens with zero attached hydrogens (tertiary/aromatic N) is 1. The molecule has 0 unspecified atom stereocenters. The first kappa shape index (κ1) is 16.9. The van der Waals surface area contributed by atoms with Gasteiger partial charge < -0.3 is 10.2 Å². The van der Waals surface area contributed by atoms with Crippen LogP contribution in [-0.4, -0.2) is 52.3 Å². The van der Waals surface area contributed by atoms with E-state index in [4.69, 9.17) is 0 Å². The van der Waals surface area contributed by atoms with Crippen molar-refractivity contribution in [2.24, 2.45) is 5.92 Å². The Bertz CT molecular complexity index is 539. The SMILES string of the molecule is CN(CCS(=O)(=O)c1ccc(Br)cc1)CC1CCNCC1. The van der Waals surface area contributed by atoms with E-state index in [0.717, 1.165) is 24.1 Å². The van der Waals surface area contributed by atoms with Gasteiger partial charge in [-0.2, -0.15) is 0 Å². The summed E-state index contributed by atoms with van der Waals surface area (Å²) in [6.07, 6.45) is 2.37. The number of nitrogens with one attached hydrogen (secondary N) is 1. The summed E-state index contributed by atoms with van der Waals surface area (Å²) in [4.78, 5) is 2.55. The fourth-order valence-corrected chi connectivity index (χ4v) is 4.23. The average Bonchev–Trinajstić information content (AvgIpc) is 2.47. The summed E-state index contributed by atoms with van der Waals surface area (Å²) in [6, 6.07) is 6.86. The van der Waals surface area contributed by atoms with Gasteiger partial charge >= 0.3 is 0 Å². The molecule has 0 atom stereocenters. The summed E-state index contributed by atoms with van der Waals surface area (Å²) in [7, 11) is -1.17. The van der Waals surface area contributed by atoms with Gasteiger partial charge in [0, 0.05) is 17.6 Å². The van der Waals surface area contributed by atoms with E-state index in [2.05, 4.69) is 26.1 Å². The van der Waals surface area contributed by atoms with Crippen molar-refractivity contribution in [1.82, 2.24) is 10.2 Å². The molecule has 1 aromatic rings. The molecular formula is C15H23BrN2O2S. The predicted molar refractivity (Wildman–Crippen MR) is 89.3 cm³/mol. The van der Waals surface area contributed by atoms with Crippen LogP contribution >= 0.6 is 15.9 Å². The maximum atomic E-state index is 12.3. The lowest BCUT2D eigenvalue weighted by Gasteiger charge is -2.27. The molecule has 1 aliphatic rings. The summed E-state index contributed by atoms with van der Waals surface area (Å²) in [5.41, 5.74) is 0. The molecule has 1 fully saturated rings. The van der Waals surface area contributed by atoms with E-state index >= 15 is 0 Å². The van der Waals surface area contributed by atoms with E-state index in [1.165, 1.54) is 12.8 Å². The van der Waals surface area contributed by atoms with Gasteiger partial charge in [-0.05, 0) is 63.2 Å². The lowest BCUT2D eigenvalue weighted by molar-refractivity contribution is 0.249. The zero-order valence-electron chi connectivity index (χ0n) is 12.4. The Labute approximate surface area is 136 Å². The van der Waals surface area contributed by atoms with Gasteiger partial charge in [-0.25, -0.2) is 8.42 Å². The van der Waals surface area contributed by atoms with E-state index in [9.17, 15) is 8.42 Å². The second kappa shape index (κ2) is 7.72. The molecule has 1 heterocycles. The number of piperidine rings is 1. The molecule has 1 aliphatic heterocycles. The van der Waals surface area contributed by atoms with Gasteiger partial charge in [0.25, 0.3) is 0 Å². The molecule has 1 aromatic carbocycles. The molecule has 0 spiro atoms. The van der Waals surface area contributed by atoms with Crippen LogP contribution in [0, 0.1) is 5.92 Å². The lowest BCUT2D eigenvalue weighted by Crippen LogP contribution is -2.36. The molecular weight excluding hydrogens is 352 g/mol. The first-order valence-corrected chi connectivity index (χ1v) is 9.79. The minimum absolute atomic E-state index is 0.177. The molecule has 1 N–H and O–H groups in total. The van der Waals surface area contributed by atoms with E-state index < -0.39 is 9.84 Å². The molecule has 1 saturated heterocycles. The monoisotopic (exact) mass is 374 g/mol. The number of hydrogen-bond donors (Lipinski definition) is 1. The maximum absolute atomic E-state index is 12.3. The molecule has 2 rings (SSSR count).